The second kappa shape index (κ2) is 3.25. The van der Waals surface area contributed by atoms with E-state index in [1.807, 2.05) is 20.8 Å². The van der Waals surface area contributed by atoms with Crippen LogP contribution >= 0.6 is 0 Å². The van der Waals surface area contributed by atoms with Gasteiger partial charge in [-0.15, -0.1) is 5.10 Å². The summed E-state index contributed by atoms with van der Waals surface area (Å²) in [6.07, 6.45) is -2.89. The Kier molecular flexibility index (Phi) is 2.56. The first-order chi connectivity index (χ1) is 6.20. The highest BCUT2D eigenvalue weighted by Crippen LogP contribution is 2.24. The van der Waals surface area contributed by atoms with E-state index in [0.29, 0.717) is 5.69 Å². The molecule has 1 aromatic rings. The van der Waals surface area contributed by atoms with Gasteiger partial charge in [-0.2, -0.15) is 13.2 Å². The normalized spacial score (nSPS) is 13.3. The second-order valence-corrected chi connectivity index (χ2v) is 4.14. The van der Waals surface area contributed by atoms with Gasteiger partial charge in [-0.1, -0.05) is 26.0 Å². The minimum absolute atomic E-state index is 0.380. The molecule has 1 heterocycles. The van der Waals surface area contributed by atoms with Crippen molar-refractivity contribution in [3.8, 4) is 0 Å². The highest BCUT2D eigenvalue weighted by molar-refractivity contribution is 5.07. The standard InChI is InChI=1S/C8H12F3N3/c1-7(2,3)6-4-12-13-14(6)5-8(9,10)11/h4H,5H2,1-3H3. The predicted octanol–water partition coefficient (Wildman–Crippen LogP) is 2.14. The summed E-state index contributed by atoms with van der Waals surface area (Å²) in [7, 11) is 0. The Morgan fingerprint density at radius 2 is 1.86 bits per heavy atom. The third-order valence-electron chi connectivity index (χ3n) is 1.72. The molecule has 0 aliphatic carbocycles. The van der Waals surface area contributed by atoms with E-state index < -0.39 is 12.7 Å². The molecule has 0 aromatic carbocycles. The molecule has 6 heteroatoms. The van der Waals surface area contributed by atoms with Crippen LogP contribution in [0, 0.1) is 0 Å². The lowest BCUT2D eigenvalue weighted by molar-refractivity contribution is -0.143. The summed E-state index contributed by atoms with van der Waals surface area (Å²) in [4.78, 5) is 0. The molecule has 0 aliphatic rings. The van der Waals surface area contributed by atoms with Crippen molar-refractivity contribution in [1.82, 2.24) is 15.0 Å². The van der Waals surface area contributed by atoms with Gasteiger partial charge in [0.05, 0.1) is 11.9 Å². The predicted molar refractivity (Wildman–Crippen MR) is 44.8 cm³/mol. The van der Waals surface area contributed by atoms with Crippen LogP contribution in [-0.2, 0) is 12.0 Å². The SMILES string of the molecule is CC(C)(C)c1cnnn1CC(F)(F)F. The number of rotatable bonds is 1. The minimum Gasteiger partial charge on any atom is -0.240 e. The molecule has 0 bridgehead atoms. The number of aromatic nitrogens is 3. The number of halogens is 3. The fraction of sp³-hybridized carbons (Fsp3) is 0.750. The van der Waals surface area contributed by atoms with Gasteiger partial charge in [0.2, 0.25) is 0 Å². The van der Waals surface area contributed by atoms with Crippen LogP contribution < -0.4 is 0 Å². The van der Waals surface area contributed by atoms with Gasteiger partial charge in [-0.05, 0) is 0 Å². The minimum atomic E-state index is -4.26. The average Bonchev–Trinajstić information content (AvgIpc) is 2.29. The first-order valence-corrected chi connectivity index (χ1v) is 4.16. The van der Waals surface area contributed by atoms with Crippen LogP contribution in [0.1, 0.15) is 26.5 Å². The van der Waals surface area contributed by atoms with Gasteiger partial charge in [0, 0.05) is 5.41 Å². The lowest BCUT2D eigenvalue weighted by Crippen LogP contribution is -2.25. The third-order valence-corrected chi connectivity index (χ3v) is 1.72. The zero-order valence-corrected chi connectivity index (χ0v) is 8.26. The van der Waals surface area contributed by atoms with Gasteiger partial charge >= 0.3 is 6.18 Å². The van der Waals surface area contributed by atoms with Crippen LogP contribution in [-0.4, -0.2) is 21.2 Å². The molecule has 0 saturated heterocycles. The molecule has 0 aliphatic heterocycles. The summed E-state index contributed by atoms with van der Waals surface area (Å²) in [5.74, 6) is 0. The number of hydrogen-bond donors (Lipinski definition) is 0. The van der Waals surface area contributed by atoms with Crippen molar-refractivity contribution in [3.63, 3.8) is 0 Å². The van der Waals surface area contributed by atoms with Gasteiger partial charge in [0.1, 0.15) is 6.54 Å². The van der Waals surface area contributed by atoms with Crippen LogP contribution in [0.15, 0.2) is 6.20 Å². The highest BCUT2D eigenvalue weighted by atomic mass is 19.4. The van der Waals surface area contributed by atoms with E-state index in [9.17, 15) is 13.2 Å². The molecule has 0 unspecified atom stereocenters. The summed E-state index contributed by atoms with van der Waals surface area (Å²) in [6.45, 7) is 4.37. The van der Waals surface area contributed by atoms with Gasteiger partial charge < -0.3 is 0 Å². The topological polar surface area (TPSA) is 30.7 Å². The summed E-state index contributed by atoms with van der Waals surface area (Å²) in [5.41, 5.74) is 0.101. The number of hydrogen-bond acceptors (Lipinski definition) is 2. The molecule has 0 fully saturated rings. The Hall–Kier alpha value is -1.07. The Morgan fingerprint density at radius 1 is 1.29 bits per heavy atom. The zero-order valence-electron chi connectivity index (χ0n) is 8.26. The number of nitrogens with zero attached hydrogens (tertiary/aromatic N) is 3. The van der Waals surface area contributed by atoms with E-state index >= 15 is 0 Å². The largest absolute Gasteiger partial charge is 0.408 e. The first kappa shape index (κ1) is 11.0. The molecule has 0 atom stereocenters. The van der Waals surface area contributed by atoms with Crippen LogP contribution in [0.2, 0.25) is 0 Å². The Morgan fingerprint density at radius 3 is 2.29 bits per heavy atom. The summed E-state index contributed by atoms with van der Waals surface area (Å²) >= 11 is 0. The lowest BCUT2D eigenvalue weighted by Gasteiger charge is -2.19. The lowest BCUT2D eigenvalue weighted by atomic mass is 9.93. The molecule has 3 nitrogen and oxygen atoms in total. The van der Waals surface area contributed by atoms with E-state index in [1.165, 1.54) is 6.20 Å². The van der Waals surface area contributed by atoms with Crippen molar-refractivity contribution in [1.29, 1.82) is 0 Å². The smallest absolute Gasteiger partial charge is 0.240 e. The summed E-state index contributed by atoms with van der Waals surface area (Å²) in [6, 6.07) is 0. The van der Waals surface area contributed by atoms with Crippen molar-refractivity contribution in [2.45, 2.75) is 38.9 Å². The summed E-state index contributed by atoms with van der Waals surface area (Å²) < 4.78 is 37.2. The quantitative estimate of drug-likeness (QED) is 0.706. The molecule has 0 saturated carbocycles. The van der Waals surface area contributed by atoms with Crippen LogP contribution in [0.25, 0.3) is 0 Å². The van der Waals surface area contributed by atoms with Crippen molar-refractivity contribution in [2.24, 2.45) is 0 Å². The highest BCUT2D eigenvalue weighted by Gasteiger charge is 2.31. The molecular weight excluding hydrogens is 195 g/mol. The fourth-order valence-corrected chi connectivity index (χ4v) is 1.13. The van der Waals surface area contributed by atoms with Crippen molar-refractivity contribution in [3.05, 3.63) is 11.9 Å². The monoisotopic (exact) mass is 207 g/mol. The van der Waals surface area contributed by atoms with E-state index in [2.05, 4.69) is 10.3 Å². The summed E-state index contributed by atoms with van der Waals surface area (Å²) in [5, 5.41) is 6.90. The maximum absolute atomic E-state index is 12.1. The molecule has 0 radical (unpaired) electrons. The van der Waals surface area contributed by atoms with E-state index in [4.69, 9.17) is 0 Å². The van der Waals surface area contributed by atoms with Gasteiger partial charge in [0.25, 0.3) is 0 Å². The van der Waals surface area contributed by atoms with Gasteiger partial charge in [-0.3, -0.25) is 0 Å². The number of alkyl halides is 3. The Bertz CT molecular complexity index is 308. The molecule has 14 heavy (non-hydrogen) atoms. The van der Waals surface area contributed by atoms with Gasteiger partial charge in [0.15, 0.2) is 0 Å². The zero-order chi connectivity index (χ0) is 11.0. The van der Waals surface area contributed by atoms with E-state index in [-0.39, 0.29) is 5.41 Å². The van der Waals surface area contributed by atoms with Crippen LogP contribution in [0.5, 0.6) is 0 Å². The molecule has 1 rings (SSSR count). The third kappa shape index (κ3) is 2.71. The van der Waals surface area contributed by atoms with Crippen molar-refractivity contribution in [2.75, 3.05) is 0 Å². The fourth-order valence-electron chi connectivity index (χ4n) is 1.13. The maximum Gasteiger partial charge on any atom is 0.408 e. The Labute approximate surface area is 79.9 Å². The van der Waals surface area contributed by atoms with Crippen molar-refractivity contribution >= 4 is 0 Å². The molecule has 1 aromatic heterocycles. The van der Waals surface area contributed by atoms with E-state index in [1.54, 1.807) is 0 Å². The molecular formula is C8H12F3N3. The molecule has 0 amide bonds. The molecule has 80 valence electrons. The van der Waals surface area contributed by atoms with Crippen LogP contribution in [0.3, 0.4) is 0 Å². The maximum atomic E-state index is 12.1. The second-order valence-electron chi connectivity index (χ2n) is 4.14. The first-order valence-electron chi connectivity index (χ1n) is 4.16. The Balaban J connectivity index is 2.95. The van der Waals surface area contributed by atoms with Gasteiger partial charge in [-0.25, -0.2) is 4.68 Å². The van der Waals surface area contributed by atoms with Crippen LogP contribution in [0.4, 0.5) is 13.2 Å². The average molecular weight is 207 g/mol. The van der Waals surface area contributed by atoms with E-state index in [0.717, 1.165) is 4.68 Å². The molecule has 0 spiro atoms. The van der Waals surface area contributed by atoms with Crippen molar-refractivity contribution < 1.29 is 13.2 Å². The molecule has 0 N–H and O–H groups in total.